The Morgan fingerprint density at radius 1 is 0.591 bits per heavy atom. The molecule has 0 unspecified atom stereocenters. The zero-order valence-corrected chi connectivity index (χ0v) is 13.3. The van der Waals surface area contributed by atoms with Crippen molar-refractivity contribution in [3.63, 3.8) is 0 Å². The van der Waals surface area contributed by atoms with Crippen LogP contribution in [0.5, 0.6) is 5.75 Å². The maximum Gasteiger partial charge on any atom is 0.171 e. The standard InChI is InChI=1S/C18H15O2P.Li/c19-15-11-13-18(14-12-15)21(20,16-7-3-1-4-8-16)17-9-5-2-6-10-17;/h1-14,19H;. The first kappa shape index (κ1) is 16.7. The molecule has 4 heteroatoms. The van der Waals surface area contributed by atoms with Gasteiger partial charge < -0.3 is 9.67 Å². The molecule has 0 amide bonds. The molecule has 0 bridgehead atoms. The molecule has 3 rings (SSSR count). The SMILES string of the molecule is O=P(c1ccccc1)(c1ccccc1)c1ccc(O)cc1.[Li]. The van der Waals surface area contributed by atoms with Crippen molar-refractivity contribution < 1.29 is 9.67 Å². The van der Waals surface area contributed by atoms with Crippen LogP contribution in [0.2, 0.25) is 0 Å². The first-order chi connectivity index (χ1) is 10.2. The Kier molecular flexibility index (Phi) is 5.32. The molecule has 0 aromatic heterocycles. The molecule has 0 atom stereocenters. The molecule has 3 aromatic rings. The van der Waals surface area contributed by atoms with E-state index in [-0.39, 0.29) is 24.6 Å². The summed E-state index contributed by atoms with van der Waals surface area (Å²) in [4.78, 5) is 0. The van der Waals surface area contributed by atoms with E-state index in [1.54, 1.807) is 24.3 Å². The van der Waals surface area contributed by atoms with E-state index in [9.17, 15) is 9.67 Å². The Bertz CT molecular complexity index is 728. The first-order valence-corrected chi connectivity index (χ1v) is 8.43. The molecule has 0 saturated heterocycles. The van der Waals surface area contributed by atoms with E-state index < -0.39 is 7.14 Å². The minimum Gasteiger partial charge on any atom is -0.508 e. The summed E-state index contributed by atoms with van der Waals surface area (Å²) < 4.78 is 13.8. The molecule has 1 N–H and O–H groups in total. The van der Waals surface area contributed by atoms with E-state index in [1.807, 2.05) is 60.7 Å². The molecule has 1 radical (unpaired) electrons. The van der Waals surface area contributed by atoms with Gasteiger partial charge in [0.1, 0.15) is 5.75 Å². The van der Waals surface area contributed by atoms with Crippen LogP contribution in [-0.4, -0.2) is 24.0 Å². The van der Waals surface area contributed by atoms with E-state index in [0.29, 0.717) is 0 Å². The minimum absolute atomic E-state index is 0. The third-order valence-corrected chi connectivity index (χ3v) is 6.53. The molecule has 0 aliphatic heterocycles. The Morgan fingerprint density at radius 2 is 0.955 bits per heavy atom. The molecule has 0 aliphatic rings. The second-order valence-electron chi connectivity index (χ2n) is 4.80. The molecule has 3 aromatic carbocycles. The van der Waals surface area contributed by atoms with E-state index in [4.69, 9.17) is 0 Å². The molecule has 2 nitrogen and oxygen atoms in total. The van der Waals surface area contributed by atoms with Crippen molar-refractivity contribution in [3.05, 3.63) is 84.9 Å². The van der Waals surface area contributed by atoms with Gasteiger partial charge in [0.25, 0.3) is 0 Å². The maximum absolute atomic E-state index is 13.8. The van der Waals surface area contributed by atoms with Crippen molar-refractivity contribution >= 4 is 41.9 Å². The first-order valence-electron chi connectivity index (χ1n) is 6.72. The summed E-state index contributed by atoms with van der Waals surface area (Å²) in [6, 6.07) is 25.6. The quantitative estimate of drug-likeness (QED) is 0.596. The second kappa shape index (κ2) is 7.03. The van der Waals surface area contributed by atoms with Crippen molar-refractivity contribution in [3.8, 4) is 5.75 Å². The molecule has 0 heterocycles. The Hall–Kier alpha value is -1.71. The number of rotatable bonds is 3. The number of phenols is 1. The van der Waals surface area contributed by atoms with E-state index in [1.165, 1.54) is 0 Å². The van der Waals surface area contributed by atoms with Crippen LogP contribution in [0, 0.1) is 0 Å². The predicted octanol–water partition coefficient (Wildman–Crippen LogP) is 2.65. The summed E-state index contributed by atoms with van der Waals surface area (Å²) >= 11 is 0. The molecule has 0 saturated carbocycles. The molecule has 105 valence electrons. The fraction of sp³-hybridized carbons (Fsp3) is 0. The van der Waals surface area contributed by atoms with Gasteiger partial charge in [-0.2, -0.15) is 0 Å². The van der Waals surface area contributed by atoms with Crippen LogP contribution in [0.15, 0.2) is 84.9 Å². The summed E-state index contributed by atoms with van der Waals surface area (Å²) in [6.45, 7) is 0. The van der Waals surface area contributed by atoms with Crippen LogP contribution < -0.4 is 15.9 Å². The van der Waals surface area contributed by atoms with E-state index in [0.717, 1.165) is 15.9 Å². The average molecular weight is 301 g/mol. The van der Waals surface area contributed by atoms with Gasteiger partial charge in [-0.1, -0.05) is 60.7 Å². The summed E-state index contributed by atoms with van der Waals surface area (Å²) in [5.74, 6) is 0.173. The maximum atomic E-state index is 13.8. The average Bonchev–Trinajstić information content (AvgIpc) is 2.56. The molecular formula is C18H15LiO2P. The van der Waals surface area contributed by atoms with Crippen LogP contribution >= 0.6 is 7.14 Å². The van der Waals surface area contributed by atoms with Crippen molar-refractivity contribution in [1.29, 1.82) is 0 Å². The van der Waals surface area contributed by atoms with Crippen molar-refractivity contribution in [2.75, 3.05) is 0 Å². The third kappa shape index (κ3) is 3.06. The van der Waals surface area contributed by atoms with Crippen molar-refractivity contribution in [2.24, 2.45) is 0 Å². The number of hydrogen-bond donors (Lipinski definition) is 1. The van der Waals surface area contributed by atoms with Crippen molar-refractivity contribution in [1.82, 2.24) is 0 Å². The Morgan fingerprint density at radius 3 is 1.36 bits per heavy atom. The van der Waals surface area contributed by atoms with Gasteiger partial charge in [-0.15, -0.1) is 0 Å². The molecule has 0 spiro atoms. The summed E-state index contributed by atoms with van der Waals surface area (Å²) in [7, 11) is -2.91. The summed E-state index contributed by atoms with van der Waals surface area (Å²) in [5.41, 5.74) is 0. The number of phenolic OH excluding ortho intramolecular Hbond substituents is 1. The molecule has 22 heavy (non-hydrogen) atoms. The molecule has 0 fully saturated rings. The van der Waals surface area contributed by atoms with Gasteiger partial charge in [-0.25, -0.2) is 0 Å². The normalized spacial score (nSPS) is 10.7. The fourth-order valence-corrected chi connectivity index (χ4v) is 5.03. The summed E-state index contributed by atoms with van der Waals surface area (Å²) in [6.07, 6.45) is 0. The molecule has 0 aliphatic carbocycles. The van der Waals surface area contributed by atoms with Gasteiger partial charge in [0.2, 0.25) is 0 Å². The van der Waals surface area contributed by atoms with E-state index in [2.05, 4.69) is 0 Å². The van der Waals surface area contributed by atoms with Gasteiger partial charge in [0, 0.05) is 34.8 Å². The van der Waals surface area contributed by atoms with Crippen LogP contribution in [0.4, 0.5) is 0 Å². The largest absolute Gasteiger partial charge is 0.508 e. The Labute approximate surface area is 142 Å². The van der Waals surface area contributed by atoms with Crippen molar-refractivity contribution in [2.45, 2.75) is 0 Å². The van der Waals surface area contributed by atoms with Crippen LogP contribution in [0.3, 0.4) is 0 Å². The molecular weight excluding hydrogens is 286 g/mol. The third-order valence-electron chi connectivity index (χ3n) is 3.45. The van der Waals surface area contributed by atoms with Gasteiger partial charge in [-0.05, 0) is 24.3 Å². The van der Waals surface area contributed by atoms with E-state index >= 15 is 0 Å². The topological polar surface area (TPSA) is 37.3 Å². The van der Waals surface area contributed by atoms with Gasteiger partial charge in [0.15, 0.2) is 7.14 Å². The number of hydrogen-bond acceptors (Lipinski definition) is 2. The van der Waals surface area contributed by atoms with Crippen LogP contribution in [0.25, 0.3) is 0 Å². The smallest absolute Gasteiger partial charge is 0.171 e. The fourth-order valence-electron chi connectivity index (χ4n) is 2.39. The second-order valence-corrected chi connectivity index (χ2v) is 7.56. The van der Waals surface area contributed by atoms with Gasteiger partial charge >= 0.3 is 0 Å². The number of aromatic hydroxyl groups is 1. The monoisotopic (exact) mass is 301 g/mol. The van der Waals surface area contributed by atoms with Crippen LogP contribution in [-0.2, 0) is 4.57 Å². The summed E-state index contributed by atoms with van der Waals surface area (Å²) in [5, 5.41) is 11.8. The van der Waals surface area contributed by atoms with Gasteiger partial charge in [0.05, 0.1) is 0 Å². The van der Waals surface area contributed by atoms with Gasteiger partial charge in [-0.3, -0.25) is 0 Å². The Balaban J connectivity index is 0.00000176. The number of benzene rings is 3. The zero-order chi connectivity index (χ0) is 14.7. The predicted molar refractivity (Wildman–Crippen MR) is 93.3 cm³/mol. The van der Waals surface area contributed by atoms with Crippen LogP contribution in [0.1, 0.15) is 0 Å². The zero-order valence-electron chi connectivity index (χ0n) is 12.4. The minimum atomic E-state index is -2.91.